The molecule has 1 fully saturated rings. The molecule has 0 spiro atoms. The lowest BCUT2D eigenvalue weighted by atomic mass is 9.97. The van der Waals surface area contributed by atoms with Crippen molar-refractivity contribution in [3.8, 4) is 16.9 Å². The Morgan fingerprint density at radius 1 is 1.21 bits per heavy atom. The van der Waals surface area contributed by atoms with E-state index >= 15 is 0 Å². The molecule has 2 atom stereocenters. The van der Waals surface area contributed by atoms with Crippen molar-refractivity contribution >= 4 is 22.4 Å². The SMILES string of the molecule is CCS(=O)(=O)NC1CCNC1Cc1cccc(-c2ccccc2OCCO)c1.Cl. The lowest BCUT2D eigenvalue weighted by Gasteiger charge is -2.21. The van der Waals surface area contributed by atoms with Crippen molar-refractivity contribution in [2.75, 3.05) is 25.5 Å². The molecule has 0 saturated carbocycles. The molecule has 1 heterocycles. The van der Waals surface area contributed by atoms with Gasteiger partial charge in [0.05, 0.1) is 12.4 Å². The number of benzene rings is 2. The second-order valence-corrected chi connectivity index (χ2v) is 8.99. The van der Waals surface area contributed by atoms with Crippen LogP contribution in [0.3, 0.4) is 0 Å². The smallest absolute Gasteiger partial charge is 0.211 e. The Balaban J connectivity index is 0.00000300. The van der Waals surface area contributed by atoms with E-state index in [1.807, 2.05) is 36.4 Å². The predicted octanol–water partition coefficient (Wildman–Crippen LogP) is 2.36. The van der Waals surface area contributed by atoms with Crippen LogP contribution in [-0.2, 0) is 16.4 Å². The van der Waals surface area contributed by atoms with Gasteiger partial charge in [-0.25, -0.2) is 13.1 Å². The lowest BCUT2D eigenvalue weighted by Crippen LogP contribution is -2.45. The highest BCUT2D eigenvalue weighted by Crippen LogP contribution is 2.30. The van der Waals surface area contributed by atoms with Crippen LogP contribution in [0.4, 0.5) is 0 Å². The van der Waals surface area contributed by atoms with Crippen LogP contribution in [-0.4, -0.2) is 51.1 Å². The number of aliphatic hydroxyl groups excluding tert-OH is 1. The van der Waals surface area contributed by atoms with Crippen LogP contribution in [0.1, 0.15) is 18.9 Å². The highest BCUT2D eigenvalue weighted by atomic mass is 35.5. The Kier molecular flexibility index (Phi) is 8.92. The van der Waals surface area contributed by atoms with E-state index in [-0.39, 0.29) is 43.5 Å². The largest absolute Gasteiger partial charge is 0.491 e. The number of nitrogens with one attached hydrogen (secondary N) is 2. The van der Waals surface area contributed by atoms with Crippen LogP contribution in [0.25, 0.3) is 11.1 Å². The molecular weight excluding hydrogens is 412 g/mol. The van der Waals surface area contributed by atoms with Gasteiger partial charge in [0.1, 0.15) is 12.4 Å². The molecule has 0 aliphatic carbocycles. The highest BCUT2D eigenvalue weighted by Gasteiger charge is 2.29. The first-order chi connectivity index (χ1) is 13.5. The molecule has 3 N–H and O–H groups in total. The predicted molar refractivity (Wildman–Crippen MR) is 118 cm³/mol. The number of para-hydroxylation sites is 1. The summed E-state index contributed by atoms with van der Waals surface area (Å²) < 4.78 is 32.4. The first-order valence-corrected chi connectivity index (χ1v) is 11.3. The van der Waals surface area contributed by atoms with Crippen molar-refractivity contribution in [3.05, 3.63) is 54.1 Å². The Hall–Kier alpha value is -1.64. The molecule has 0 radical (unpaired) electrons. The highest BCUT2D eigenvalue weighted by molar-refractivity contribution is 7.89. The molecular formula is C21H29ClN2O4S. The van der Waals surface area contributed by atoms with E-state index in [2.05, 4.69) is 22.2 Å². The van der Waals surface area contributed by atoms with E-state index in [0.717, 1.165) is 41.8 Å². The van der Waals surface area contributed by atoms with Gasteiger partial charge < -0.3 is 15.2 Å². The summed E-state index contributed by atoms with van der Waals surface area (Å²) in [6.45, 7) is 2.68. The van der Waals surface area contributed by atoms with E-state index in [1.54, 1.807) is 6.92 Å². The van der Waals surface area contributed by atoms with Gasteiger partial charge in [0, 0.05) is 17.6 Å². The van der Waals surface area contributed by atoms with Crippen molar-refractivity contribution in [2.45, 2.75) is 31.8 Å². The summed E-state index contributed by atoms with van der Waals surface area (Å²) in [5, 5.41) is 12.5. The zero-order valence-corrected chi connectivity index (χ0v) is 18.1. The molecule has 2 unspecified atom stereocenters. The molecule has 0 amide bonds. The normalized spacial score (nSPS) is 19.0. The van der Waals surface area contributed by atoms with E-state index in [1.165, 1.54) is 0 Å². The van der Waals surface area contributed by atoms with Gasteiger partial charge in [-0.3, -0.25) is 0 Å². The summed E-state index contributed by atoms with van der Waals surface area (Å²) in [6.07, 6.45) is 1.53. The van der Waals surface area contributed by atoms with E-state index in [0.29, 0.717) is 0 Å². The van der Waals surface area contributed by atoms with Crippen molar-refractivity contribution in [1.29, 1.82) is 0 Å². The zero-order valence-electron chi connectivity index (χ0n) is 16.5. The average Bonchev–Trinajstić information content (AvgIpc) is 3.12. The Morgan fingerprint density at radius 2 is 2.00 bits per heavy atom. The molecule has 6 nitrogen and oxygen atoms in total. The molecule has 29 heavy (non-hydrogen) atoms. The maximum atomic E-state index is 11.9. The van der Waals surface area contributed by atoms with Crippen molar-refractivity contribution in [1.82, 2.24) is 10.0 Å². The Morgan fingerprint density at radius 3 is 2.76 bits per heavy atom. The number of aliphatic hydroxyl groups is 1. The summed E-state index contributed by atoms with van der Waals surface area (Å²) >= 11 is 0. The summed E-state index contributed by atoms with van der Waals surface area (Å²) in [4.78, 5) is 0. The standard InChI is InChI=1S/C21H28N2O4S.ClH/c1-2-28(25,26)23-19-10-11-22-20(19)15-16-6-5-7-17(14-16)18-8-3-4-9-21(18)27-13-12-24;/h3-9,14,19-20,22-24H,2,10-13,15H2,1H3;1H. The van der Waals surface area contributed by atoms with Crippen LogP contribution in [0.15, 0.2) is 48.5 Å². The van der Waals surface area contributed by atoms with Crippen molar-refractivity contribution in [3.63, 3.8) is 0 Å². The van der Waals surface area contributed by atoms with Crippen LogP contribution in [0.5, 0.6) is 5.75 Å². The molecule has 2 aromatic carbocycles. The topological polar surface area (TPSA) is 87.7 Å². The van der Waals surface area contributed by atoms with Gasteiger partial charge >= 0.3 is 0 Å². The fourth-order valence-electron chi connectivity index (χ4n) is 3.54. The van der Waals surface area contributed by atoms with Gasteiger partial charge in [-0.15, -0.1) is 12.4 Å². The third-order valence-corrected chi connectivity index (χ3v) is 6.41. The quantitative estimate of drug-likeness (QED) is 0.557. The van der Waals surface area contributed by atoms with Gasteiger partial charge in [0.2, 0.25) is 10.0 Å². The third kappa shape index (κ3) is 6.42. The molecule has 2 aromatic rings. The minimum Gasteiger partial charge on any atom is -0.491 e. The van der Waals surface area contributed by atoms with E-state index in [9.17, 15) is 8.42 Å². The third-order valence-electron chi connectivity index (χ3n) is 4.99. The fourth-order valence-corrected chi connectivity index (χ4v) is 4.45. The number of halogens is 1. The van der Waals surface area contributed by atoms with Crippen LogP contribution in [0.2, 0.25) is 0 Å². The van der Waals surface area contributed by atoms with E-state index < -0.39 is 10.0 Å². The second-order valence-electron chi connectivity index (χ2n) is 6.95. The maximum absolute atomic E-state index is 11.9. The van der Waals surface area contributed by atoms with Gasteiger partial charge in [0.25, 0.3) is 0 Å². The van der Waals surface area contributed by atoms with Crippen LogP contribution >= 0.6 is 12.4 Å². The van der Waals surface area contributed by atoms with Gasteiger partial charge in [-0.1, -0.05) is 42.5 Å². The monoisotopic (exact) mass is 440 g/mol. The van der Waals surface area contributed by atoms with E-state index in [4.69, 9.17) is 9.84 Å². The van der Waals surface area contributed by atoms with Crippen LogP contribution in [0, 0.1) is 0 Å². The van der Waals surface area contributed by atoms with Gasteiger partial charge in [0.15, 0.2) is 0 Å². The Labute approximate surface area is 179 Å². The summed E-state index contributed by atoms with van der Waals surface area (Å²) in [6, 6.07) is 16.0. The maximum Gasteiger partial charge on any atom is 0.211 e. The minimum absolute atomic E-state index is 0. The van der Waals surface area contributed by atoms with Crippen LogP contribution < -0.4 is 14.8 Å². The zero-order chi connectivity index (χ0) is 20.0. The molecule has 0 aromatic heterocycles. The second kappa shape index (κ2) is 10.9. The fraction of sp³-hybridized carbons (Fsp3) is 0.429. The van der Waals surface area contributed by atoms with Gasteiger partial charge in [-0.2, -0.15) is 0 Å². The number of hydrogen-bond acceptors (Lipinski definition) is 5. The van der Waals surface area contributed by atoms with Crippen molar-refractivity contribution in [2.24, 2.45) is 0 Å². The Bertz CT molecular complexity index is 892. The number of ether oxygens (including phenoxy) is 1. The lowest BCUT2D eigenvalue weighted by molar-refractivity contribution is 0.202. The minimum atomic E-state index is -3.22. The summed E-state index contributed by atoms with van der Waals surface area (Å²) in [5.74, 6) is 0.831. The number of sulfonamides is 1. The molecule has 8 heteroatoms. The molecule has 1 aliphatic rings. The number of rotatable bonds is 9. The molecule has 1 aliphatic heterocycles. The summed E-state index contributed by atoms with van der Waals surface area (Å²) in [5.41, 5.74) is 3.14. The van der Waals surface area contributed by atoms with Gasteiger partial charge in [-0.05, 0) is 43.5 Å². The first kappa shape index (κ1) is 23.6. The molecule has 0 bridgehead atoms. The molecule has 160 valence electrons. The summed E-state index contributed by atoms with van der Waals surface area (Å²) in [7, 11) is -3.22. The molecule has 3 rings (SSSR count). The molecule has 1 saturated heterocycles. The van der Waals surface area contributed by atoms with Crippen molar-refractivity contribution < 1.29 is 18.3 Å². The average molecular weight is 441 g/mol. The number of hydrogen-bond donors (Lipinski definition) is 3. The first-order valence-electron chi connectivity index (χ1n) is 9.68.